The number of benzene rings is 1. The summed E-state index contributed by atoms with van der Waals surface area (Å²) in [4.78, 5) is 37.5. The van der Waals surface area contributed by atoms with Gasteiger partial charge in [-0.1, -0.05) is 6.07 Å². The second-order valence-corrected chi connectivity index (χ2v) is 9.14. The maximum atomic E-state index is 13.3. The molecule has 1 aromatic heterocycles. The highest BCUT2D eigenvalue weighted by atomic mass is 16.5. The first-order valence-electron chi connectivity index (χ1n) is 12.7. The summed E-state index contributed by atoms with van der Waals surface area (Å²) < 4.78 is 17.0. The lowest BCUT2D eigenvalue weighted by atomic mass is 9.95. The molecule has 11 nitrogen and oxygen atoms in total. The number of rotatable bonds is 10. The van der Waals surface area contributed by atoms with Gasteiger partial charge in [-0.15, -0.1) is 0 Å². The van der Waals surface area contributed by atoms with Crippen molar-refractivity contribution in [2.75, 3.05) is 38.5 Å². The number of H-pyrrole nitrogens is 1. The van der Waals surface area contributed by atoms with Crippen LogP contribution in [0, 0.1) is 0 Å². The van der Waals surface area contributed by atoms with Gasteiger partial charge in [-0.05, 0) is 54.2 Å². The zero-order valence-corrected chi connectivity index (χ0v) is 22.5. The molecule has 11 heteroatoms. The summed E-state index contributed by atoms with van der Waals surface area (Å²) in [5.41, 5.74) is 3.34. The van der Waals surface area contributed by atoms with Crippen LogP contribution in [0.2, 0.25) is 0 Å². The largest absolute Gasteiger partial charge is 0.493 e. The molecular weight excluding hydrogens is 502 g/mol. The summed E-state index contributed by atoms with van der Waals surface area (Å²) >= 11 is 0. The molecule has 0 saturated heterocycles. The van der Waals surface area contributed by atoms with E-state index in [4.69, 9.17) is 14.2 Å². The summed E-state index contributed by atoms with van der Waals surface area (Å²) in [7, 11) is 4.67. The Morgan fingerprint density at radius 2 is 1.87 bits per heavy atom. The number of aryl methyl sites for hydroxylation is 1. The van der Waals surface area contributed by atoms with Crippen molar-refractivity contribution in [3.8, 4) is 28.4 Å². The summed E-state index contributed by atoms with van der Waals surface area (Å²) in [6.45, 7) is 1.88. The summed E-state index contributed by atoms with van der Waals surface area (Å²) in [5.74, 6) is 1.67. The molecule has 0 unspecified atom stereocenters. The van der Waals surface area contributed by atoms with Gasteiger partial charge in [-0.3, -0.25) is 19.5 Å². The number of anilines is 2. The first kappa shape index (κ1) is 27.5. The van der Waals surface area contributed by atoms with Gasteiger partial charge in [-0.25, -0.2) is 0 Å². The molecule has 39 heavy (non-hydrogen) atoms. The van der Waals surface area contributed by atoms with Gasteiger partial charge in [-0.2, -0.15) is 5.10 Å². The van der Waals surface area contributed by atoms with Crippen molar-refractivity contribution in [3.63, 3.8) is 0 Å². The van der Waals surface area contributed by atoms with Crippen LogP contribution in [0.5, 0.6) is 17.2 Å². The van der Waals surface area contributed by atoms with E-state index in [-0.39, 0.29) is 29.7 Å². The van der Waals surface area contributed by atoms with Crippen molar-refractivity contribution in [1.29, 1.82) is 0 Å². The highest BCUT2D eigenvalue weighted by Gasteiger charge is 2.29. The minimum absolute atomic E-state index is 0.153. The lowest BCUT2D eigenvalue weighted by molar-refractivity contribution is -0.119. The Morgan fingerprint density at radius 1 is 1.08 bits per heavy atom. The van der Waals surface area contributed by atoms with Crippen LogP contribution < -0.4 is 35.6 Å². The first-order valence-corrected chi connectivity index (χ1v) is 12.7. The van der Waals surface area contributed by atoms with E-state index in [0.717, 1.165) is 16.7 Å². The summed E-state index contributed by atoms with van der Waals surface area (Å²) in [6.07, 6.45) is 3.54. The number of aromatic amines is 1. The van der Waals surface area contributed by atoms with E-state index < -0.39 is 0 Å². The lowest BCUT2D eigenvalue weighted by Gasteiger charge is -2.19. The molecule has 1 heterocycles. The number of nitrogens with zero attached hydrogens (tertiary/aromatic N) is 1. The van der Waals surface area contributed by atoms with Crippen LogP contribution in [0.15, 0.2) is 41.3 Å². The van der Waals surface area contributed by atoms with E-state index in [1.807, 2.05) is 12.1 Å². The summed E-state index contributed by atoms with van der Waals surface area (Å²) in [5, 5.41) is 15.4. The smallest absolute Gasteiger partial charge is 0.225 e. The van der Waals surface area contributed by atoms with Gasteiger partial charge in [0.15, 0.2) is 11.5 Å². The van der Waals surface area contributed by atoms with Crippen LogP contribution >= 0.6 is 0 Å². The van der Waals surface area contributed by atoms with Gasteiger partial charge in [0.25, 0.3) is 0 Å². The second kappa shape index (κ2) is 12.3. The maximum Gasteiger partial charge on any atom is 0.225 e. The van der Waals surface area contributed by atoms with E-state index in [0.29, 0.717) is 60.1 Å². The normalized spacial score (nSPS) is 13.8. The molecule has 0 aliphatic heterocycles. The first-order chi connectivity index (χ1) is 18.9. The van der Waals surface area contributed by atoms with Crippen LogP contribution in [0.25, 0.3) is 11.1 Å². The fourth-order valence-corrected chi connectivity index (χ4v) is 4.86. The molecule has 0 bridgehead atoms. The number of hydrogen-bond acceptors (Lipinski definition) is 8. The SMILES string of the molecule is COc1cc2c(c(OC)c1OC)-c1ccc(NCCCC(=O)Nc3ccn[nH]3)c(=O)cc1[C@@H](NC(C)=O)CC2. The molecule has 0 fully saturated rings. The molecular formula is C28H33N5O6. The fraction of sp³-hybridized carbons (Fsp3) is 0.357. The molecule has 1 atom stereocenters. The Hall–Kier alpha value is -4.54. The Kier molecular flexibility index (Phi) is 8.70. The van der Waals surface area contributed by atoms with E-state index in [9.17, 15) is 14.4 Å². The van der Waals surface area contributed by atoms with Gasteiger partial charge in [0.05, 0.1) is 39.3 Å². The van der Waals surface area contributed by atoms with E-state index in [1.165, 1.54) is 6.92 Å². The Balaban J connectivity index is 1.67. The Labute approximate surface area is 226 Å². The quantitative estimate of drug-likeness (QED) is 0.289. The topological polar surface area (TPSA) is 144 Å². The summed E-state index contributed by atoms with van der Waals surface area (Å²) in [6, 6.07) is 8.34. The molecule has 1 aliphatic carbocycles. The molecule has 2 amide bonds. The average Bonchev–Trinajstić information content (AvgIpc) is 3.32. The van der Waals surface area contributed by atoms with Crippen molar-refractivity contribution in [2.45, 2.75) is 38.6 Å². The van der Waals surface area contributed by atoms with E-state index in [1.54, 1.807) is 45.7 Å². The van der Waals surface area contributed by atoms with Crippen molar-refractivity contribution in [1.82, 2.24) is 15.5 Å². The van der Waals surface area contributed by atoms with E-state index >= 15 is 0 Å². The number of hydrogen-bond donors (Lipinski definition) is 4. The molecule has 206 valence electrons. The standard InChI is InChI=1S/C28H33N5O6/c1-16(34)31-20-9-7-17-14-23(37-2)27(38-3)28(39-4)26(17)18-8-10-21(22(35)15-19(18)20)29-12-5-6-25(36)32-24-11-13-30-33-24/h8,10-11,13-15,20H,5-7,9,12H2,1-4H3,(H,29,35)(H,31,34)(H2,30,32,33,36)/t20-/m0/s1. The Bertz CT molecular complexity index is 1410. The zero-order chi connectivity index (χ0) is 27.9. The highest BCUT2D eigenvalue weighted by molar-refractivity contribution is 5.89. The number of methoxy groups -OCH3 is 3. The average molecular weight is 536 g/mol. The van der Waals surface area contributed by atoms with Crippen LogP contribution in [0.3, 0.4) is 0 Å². The predicted molar refractivity (Wildman–Crippen MR) is 148 cm³/mol. The van der Waals surface area contributed by atoms with Crippen LogP contribution in [-0.4, -0.2) is 49.9 Å². The third-order valence-corrected chi connectivity index (χ3v) is 6.59. The minimum atomic E-state index is -0.384. The van der Waals surface area contributed by atoms with Crippen molar-refractivity contribution in [3.05, 3.63) is 57.9 Å². The number of nitrogens with one attached hydrogen (secondary N) is 4. The number of carbonyl (C=O) groups excluding carboxylic acids is 2. The highest BCUT2D eigenvalue weighted by Crippen LogP contribution is 2.50. The second-order valence-electron chi connectivity index (χ2n) is 9.14. The zero-order valence-electron chi connectivity index (χ0n) is 22.5. The van der Waals surface area contributed by atoms with Crippen molar-refractivity contribution in [2.24, 2.45) is 0 Å². The van der Waals surface area contributed by atoms with Gasteiger partial charge in [0.2, 0.25) is 23.0 Å². The third-order valence-electron chi connectivity index (χ3n) is 6.59. The molecule has 0 saturated carbocycles. The van der Waals surface area contributed by atoms with Crippen LogP contribution in [-0.2, 0) is 16.0 Å². The van der Waals surface area contributed by atoms with Gasteiger partial charge < -0.3 is 30.2 Å². The molecule has 1 aliphatic rings. The maximum absolute atomic E-state index is 13.3. The molecule has 3 aromatic rings. The monoisotopic (exact) mass is 535 g/mol. The number of aromatic nitrogens is 2. The van der Waals surface area contributed by atoms with Crippen molar-refractivity contribution < 1.29 is 23.8 Å². The lowest BCUT2D eigenvalue weighted by Crippen LogP contribution is -2.26. The molecule has 0 spiro atoms. The molecule has 2 aromatic carbocycles. The Morgan fingerprint density at radius 3 is 2.54 bits per heavy atom. The van der Waals surface area contributed by atoms with Gasteiger partial charge in [0, 0.05) is 31.5 Å². The number of carbonyl (C=O) groups is 2. The van der Waals surface area contributed by atoms with Gasteiger partial charge in [0.1, 0.15) is 5.82 Å². The molecule has 4 rings (SSSR count). The van der Waals surface area contributed by atoms with E-state index in [2.05, 4.69) is 26.1 Å². The predicted octanol–water partition coefficient (Wildman–Crippen LogP) is 3.42. The van der Waals surface area contributed by atoms with Crippen molar-refractivity contribution >= 4 is 23.3 Å². The van der Waals surface area contributed by atoms with Crippen LogP contribution in [0.1, 0.15) is 43.4 Å². The molecule has 0 radical (unpaired) electrons. The van der Waals surface area contributed by atoms with Gasteiger partial charge >= 0.3 is 0 Å². The number of fused-ring (bicyclic) bond motifs is 3. The third kappa shape index (κ3) is 6.14. The minimum Gasteiger partial charge on any atom is -0.493 e. The number of amides is 2. The molecule has 4 N–H and O–H groups in total. The number of ether oxygens (including phenoxy) is 3. The van der Waals surface area contributed by atoms with Crippen LogP contribution in [0.4, 0.5) is 11.5 Å². The fourth-order valence-electron chi connectivity index (χ4n) is 4.86.